The minimum atomic E-state index is -1.07. The molecule has 2 unspecified atom stereocenters. The average molecular weight is 356 g/mol. The van der Waals surface area contributed by atoms with Gasteiger partial charge in [0, 0.05) is 5.02 Å². The summed E-state index contributed by atoms with van der Waals surface area (Å²) >= 11 is 5.88. The van der Waals surface area contributed by atoms with E-state index in [4.69, 9.17) is 21.1 Å². The Morgan fingerprint density at radius 1 is 1.46 bits per heavy atom. The van der Waals surface area contributed by atoms with Gasteiger partial charge in [-0.3, -0.25) is 4.90 Å². The van der Waals surface area contributed by atoms with Gasteiger partial charge in [-0.1, -0.05) is 43.9 Å². The summed E-state index contributed by atoms with van der Waals surface area (Å²) in [6.07, 6.45) is 0.556. The van der Waals surface area contributed by atoms with Crippen LogP contribution in [0.15, 0.2) is 24.3 Å². The third-order valence-electron chi connectivity index (χ3n) is 3.82. The third-order valence-corrected chi connectivity index (χ3v) is 4.06. The number of rotatable bonds is 8. The van der Waals surface area contributed by atoms with E-state index in [-0.39, 0.29) is 18.7 Å². The lowest BCUT2D eigenvalue weighted by Crippen LogP contribution is -2.47. The van der Waals surface area contributed by atoms with Gasteiger partial charge in [0.1, 0.15) is 12.7 Å². The number of cyclic esters (lactones) is 1. The van der Waals surface area contributed by atoms with Crippen molar-refractivity contribution in [1.82, 2.24) is 4.90 Å². The van der Waals surface area contributed by atoms with E-state index in [9.17, 15) is 14.7 Å². The first-order chi connectivity index (χ1) is 11.5. The summed E-state index contributed by atoms with van der Waals surface area (Å²) in [6, 6.07) is 6.33. The highest BCUT2D eigenvalue weighted by Crippen LogP contribution is 2.20. The van der Waals surface area contributed by atoms with Crippen LogP contribution in [0.1, 0.15) is 43.0 Å². The molecule has 1 aromatic carbocycles. The molecule has 1 fully saturated rings. The molecule has 1 saturated heterocycles. The first-order valence-electron chi connectivity index (χ1n) is 8.11. The minimum absolute atomic E-state index is 0.214. The topological polar surface area (TPSA) is 76.1 Å². The molecule has 0 bridgehead atoms. The fourth-order valence-electron chi connectivity index (χ4n) is 2.53. The summed E-state index contributed by atoms with van der Waals surface area (Å²) < 4.78 is 10.3. The monoisotopic (exact) mass is 355 g/mol. The summed E-state index contributed by atoms with van der Waals surface area (Å²) in [6.45, 7) is 2.55. The number of esters is 1. The van der Waals surface area contributed by atoms with Crippen molar-refractivity contribution in [3.63, 3.8) is 0 Å². The molecule has 0 aliphatic carbocycles. The molecule has 1 amide bonds. The van der Waals surface area contributed by atoms with Gasteiger partial charge in [-0.05, 0) is 24.6 Å². The van der Waals surface area contributed by atoms with E-state index in [1.165, 1.54) is 11.0 Å². The van der Waals surface area contributed by atoms with Crippen LogP contribution in [-0.2, 0) is 9.47 Å². The van der Waals surface area contributed by atoms with E-state index >= 15 is 0 Å². The van der Waals surface area contributed by atoms with Crippen LogP contribution in [0.4, 0.5) is 4.79 Å². The molecule has 6 nitrogen and oxygen atoms in total. The van der Waals surface area contributed by atoms with E-state index in [1.807, 2.05) is 0 Å². The number of amides is 1. The van der Waals surface area contributed by atoms with Crippen LogP contribution in [0.2, 0.25) is 5.02 Å². The van der Waals surface area contributed by atoms with Crippen molar-refractivity contribution in [2.24, 2.45) is 0 Å². The smallest absolute Gasteiger partial charge is 0.412 e. The number of aliphatic hydroxyl groups is 1. The van der Waals surface area contributed by atoms with Gasteiger partial charge in [0.25, 0.3) is 0 Å². The van der Waals surface area contributed by atoms with Gasteiger partial charge in [-0.15, -0.1) is 0 Å². The Morgan fingerprint density at radius 3 is 2.88 bits per heavy atom. The standard InChI is InChI=1S/C17H22ClNO5/c1-2-3-4-8-14(20)15(19-9-10-23-17(19)22)24-16(21)12-6-5-7-13(18)11-12/h5-7,11,14-15,20H,2-4,8-10H2,1H3. The lowest BCUT2D eigenvalue weighted by atomic mass is 10.1. The van der Waals surface area contributed by atoms with Gasteiger partial charge in [0.05, 0.1) is 12.1 Å². The lowest BCUT2D eigenvalue weighted by molar-refractivity contribution is -0.0773. The Labute approximate surface area is 146 Å². The van der Waals surface area contributed by atoms with Gasteiger partial charge in [0.2, 0.25) is 6.23 Å². The number of benzene rings is 1. The molecule has 2 atom stereocenters. The maximum atomic E-state index is 12.3. The van der Waals surface area contributed by atoms with E-state index < -0.39 is 24.4 Å². The number of ether oxygens (including phenoxy) is 2. The van der Waals surface area contributed by atoms with Crippen molar-refractivity contribution in [2.75, 3.05) is 13.2 Å². The number of unbranched alkanes of at least 4 members (excludes halogenated alkanes) is 2. The SMILES string of the molecule is CCCCCC(O)C(OC(=O)c1cccc(Cl)c1)N1CCOC1=O. The Balaban J connectivity index is 2.09. The van der Waals surface area contributed by atoms with Crippen LogP contribution in [-0.4, -0.2) is 47.6 Å². The molecule has 0 aromatic heterocycles. The number of halogens is 1. The Kier molecular flexibility index (Phi) is 6.87. The molecule has 0 radical (unpaired) electrons. The van der Waals surface area contributed by atoms with Gasteiger partial charge in [0.15, 0.2) is 0 Å². The van der Waals surface area contributed by atoms with Crippen LogP contribution in [0.3, 0.4) is 0 Å². The summed E-state index contributed by atoms with van der Waals surface area (Å²) in [4.78, 5) is 25.4. The fraction of sp³-hybridized carbons (Fsp3) is 0.529. The second-order valence-corrected chi connectivity index (χ2v) is 6.11. The molecule has 2 rings (SSSR count). The Hall–Kier alpha value is -1.79. The minimum Gasteiger partial charge on any atom is -0.447 e. The van der Waals surface area contributed by atoms with E-state index in [0.29, 0.717) is 11.4 Å². The summed E-state index contributed by atoms with van der Waals surface area (Å²) in [5, 5.41) is 10.8. The molecule has 0 saturated carbocycles. The summed E-state index contributed by atoms with van der Waals surface area (Å²) in [7, 11) is 0. The summed E-state index contributed by atoms with van der Waals surface area (Å²) in [5.74, 6) is -0.642. The molecular weight excluding hydrogens is 334 g/mol. The number of nitrogens with zero attached hydrogens (tertiary/aromatic N) is 1. The molecule has 1 heterocycles. The molecular formula is C17H22ClNO5. The predicted octanol–water partition coefficient (Wildman–Crippen LogP) is 3.22. The first-order valence-corrected chi connectivity index (χ1v) is 8.48. The number of carbonyl (C=O) groups excluding carboxylic acids is 2. The largest absolute Gasteiger partial charge is 0.447 e. The zero-order valence-electron chi connectivity index (χ0n) is 13.6. The first kappa shape index (κ1) is 18.5. The lowest BCUT2D eigenvalue weighted by Gasteiger charge is -2.29. The predicted molar refractivity (Wildman–Crippen MR) is 88.9 cm³/mol. The van der Waals surface area contributed by atoms with Crippen molar-refractivity contribution in [1.29, 1.82) is 0 Å². The van der Waals surface area contributed by atoms with Gasteiger partial charge in [-0.2, -0.15) is 0 Å². The normalized spacial score (nSPS) is 16.6. The van der Waals surface area contributed by atoms with Crippen LogP contribution in [0.5, 0.6) is 0 Å². The van der Waals surface area contributed by atoms with E-state index in [0.717, 1.165) is 19.3 Å². The van der Waals surface area contributed by atoms with Crippen molar-refractivity contribution >= 4 is 23.7 Å². The van der Waals surface area contributed by atoms with Gasteiger partial charge >= 0.3 is 12.1 Å². The molecule has 24 heavy (non-hydrogen) atoms. The molecule has 1 aliphatic heterocycles. The maximum absolute atomic E-state index is 12.3. The number of carbonyl (C=O) groups is 2. The van der Waals surface area contributed by atoms with Crippen LogP contribution in [0.25, 0.3) is 0 Å². The number of aliphatic hydroxyl groups excluding tert-OH is 1. The van der Waals surface area contributed by atoms with Crippen LogP contribution in [0, 0.1) is 0 Å². The van der Waals surface area contributed by atoms with Gasteiger partial charge in [-0.25, -0.2) is 9.59 Å². The summed E-state index contributed by atoms with van der Waals surface area (Å²) in [5.41, 5.74) is 0.265. The Morgan fingerprint density at radius 2 is 2.25 bits per heavy atom. The number of hydrogen-bond acceptors (Lipinski definition) is 5. The van der Waals surface area contributed by atoms with Crippen molar-refractivity contribution in [3.8, 4) is 0 Å². The van der Waals surface area contributed by atoms with Crippen LogP contribution >= 0.6 is 11.6 Å². The highest BCUT2D eigenvalue weighted by Gasteiger charge is 2.37. The van der Waals surface area contributed by atoms with E-state index in [2.05, 4.69) is 6.92 Å². The zero-order chi connectivity index (χ0) is 17.5. The van der Waals surface area contributed by atoms with Gasteiger partial charge < -0.3 is 14.6 Å². The number of hydrogen-bond donors (Lipinski definition) is 1. The fourth-order valence-corrected chi connectivity index (χ4v) is 2.72. The molecule has 0 spiro atoms. The maximum Gasteiger partial charge on any atom is 0.412 e. The Bertz CT molecular complexity index is 580. The van der Waals surface area contributed by atoms with Crippen LogP contribution < -0.4 is 0 Å². The highest BCUT2D eigenvalue weighted by atomic mass is 35.5. The van der Waals surface area contributed by atoms with Crippen molar-refractivity contribution in [3.05, 3.63) is 34.9 Å². The zero-order valence-corrected chi connectivity index (χ0v) is 14.4. The third kappa shape index (κ3) is 4.85. The molecule has 7 heteroatoms. The molecule has 1 aliphatic rings. The second kappa shape index (κ2) is 8.89. The quantitative estimate of drug-likeness (QED) is 0.572. The molecule has 132 valence electrons. The highest BCUT2D eigenvalue weighted by molar-refractivity contribution is 6.30. The van der Waals surface area contributed by atoms with Crippen molar-refractivity contribution in [2.45, 2.75) is 44.9 Å². The van der Waals surface area contributed by atoms with E-state index in [1.54, 1.807) is 18.2 Å². The second-order valence-electron chi connectivity index (χ2n) is 5.68. The molecule has 1 aromatic rings. The average Bonchev–Trinajstić information content (AvgIpc) is 2.98. The molecule has 1 N–H and O–H groups in total. The van der Waals surface area contributed by atoms with Crippen molar-refractivity contribution < 1.29 is 24.2 Å².